The van der Waals surface area contributed by atoms with Crippen LogP contribution in [0.25, 0.3) is 17.2 Å². The lowest BCUT2D eigenvalue weighted by Crippen LogP contribution is -2.28. The van der Waals surface area contributed by atoms with Crippen molar-refractivity contribution in [3.05, 3.63) is 87.8 Å². The van der Waals surface area contributed by atoms with Gasteiger partial charge in [0.2, 0.25) is 11.7 Å². The molecule has 0 saturated heterocycles. The average molecular weight is 430 g/mol. The Morgan fingerprint density at radius 3 is 2.41 bits per heavy atom. The summed E-state index contributed by atoms with van der Waals surface area (Å²) in [5.41, 5.74) is 3.28. The lowest BCUT2D eigenvalue weighted by molar-refractivity contribution is -0.121. The Kier molecular flexibility index (Phi) is 6.44. The van der Waals surface area contributed by atoms with Crippen LogP contribution in [0.4, 0.5) is 0 Å². The maximum Gasteiger partial charge on any atom is 0.279 e. The Bertz CT molecular complexity index is 1280. The van der Waals surface area contributed by atoms with Gasteiger partial charge in [-0.2, -0.15) is 9.50 Å². The van der Waals surface area contributed by atoms with Crippen molar-refractivity contribution in [3.63, 3.8) is 0 Å². The van der Waals surface area contributed by atoms with Crippen molar-refractivity contribution in [2.75, 3.05) is 6.54 Å². The Balaban J connectivity index is 1.42. The van der Waals surface area contributed by atoms with Crippen molar-refractivity contribution in [3.8, 4) is 11.4 Å². The average Bonchev–Trinajstić information content (AvgIpc) is 3.28. The molecular weight excluding hydrogens is 402 g/mol. The van der Waals surface area contributed by atoms with E-state index in [0.29, 0.717) is 30.1 Å². The number of rotatable bonds is 8. The molecule has 1 N–H and O–H groups in total. The highest BCUT2D eigenvalue weighted by molar-refractivity contribution is 5.76. The molecule has 1 amide bonds. The van der Waals surface area contributed by atoms with Gasteiger partial charge in [-0.05, 0) is 31.7 Å². The number of carbonyl (C=O) groups excluding carboxylic acids is 1. The molecule has 2 aromatic heterocycles. The highest BCUT2D eigenvalue weighted by Gasteiger charge is 2.17. The first-order valence-electron chi connectivity index (χ1n) is 10.9. The van der Waals surface area contributed by atoms with Crippen molar-refractivity contribution in [1.29, 1.82) is 0 Å². The molecule has 0 aliphatic carbocycles. The molecule has 0 atom stereocenters. The normalized spacial score (nSPS) is 11.1. The molecule has 0 spiro atoms. The van der Waals surface area contributed by atoms with Gasteiger partial charge in [0.05, 0.1) is 0 Å². The number of nitrogens with zero attached hydrogens (tertiary/aromatic N) is 4. The van der Waals surface area contributed by atoms with Gasteiger partial charge < -0.3 is 9.88 Å². The number of benzene rings is 2. The van der Waals surface area contributed by atoms with Crippen LogP contribution in [0.5, 0.6) is 0 Å². The Morgan fingerprint density at radius 1 is 1.00 bits per heavy atom. The molecule has 0 aliphatic rings. The van der Waals surface area contributed by atoms with Gasteiger partial charge in [0.25, 0.3) is 5.56 Å². The molecular formula is C25H27N5O2. The lowest BCUT2D eigenvalue weighted by Gasteiger charge is -2.11. The summed E-state index contributed by atoms with van der Waals surface area (Å²) in [7, 11) is 1.86. The summed E-state index contributed by atoms with van der Waals surface area (Å²) in [4.78, 5) is 30.0. The Hall–Kier alpha value is -3.74. The maximum atomic E-state index is 13.1. The van der Waals surface area contributed by atoms with E-state index >= 15 is 0 Å². The zero-order chi connectivity index (χ0) is 22.5. The van der Waals surface area contributed by atoms with Gasteiger partial charge >= 0.3 is 0 Å². The number of hydrogen-bond donors (Lipinski definition) is 1. The predicted octanol–water partition coefficient (Wildman–Crippen LogP) is 3.09. The monoisotopic (exact) mass is 429 g/mol. The van der Waals surface area contributed by atoms with Gasteiger partial charge in [-0.1, -0.05) is 60.7 Å². The second-order valence-corrected chi connectivity index (χ2v) is 7.88. The lowest BCUT2D eigenvalue weighted by atomic mass is 10.1. The Labute approximate surface area is 186 Å². The van der Waals surface area contributed by atoms with Crippen LogP contribution in [-0.2, 0) is 24.7 Å². The zero-order valence-corrected chi connectivity index (χ0v) is 18.4. The van der Waals surface area contributed by atoms with E-state index in [1.54, 1.807) is 0 Å². The van der Waals surface area contributed by atoms with Crippen LogP contribution >= 0.6 is 0 Å². The summed E-state index contributed by atoms with van der Waals surface area (Å²) in [5, 5.41) is 7.39. The third-order valence-electron chi connectivity index (χ3n) is 5.72. The van der Waals surface area contributed by atoms with E-state index in [1.807, 2.05) is 67.1 Å². The third kappa shape index (κ3) is 4.61. The molecule has 0 unspecified atom stereocenters. The second kappa shape index (κ2) is 9.60. The molecule has 0 bridgehead atoms. The van der Waals surface area contributed by atoms with Crippen LogP contribution in [0.1, 0.15) is 29.7 Å². The van der Waals surface area contributed by atoms with Crippen molar-refractivity contribution in [2.24, 2.45) is 7.05 Å². The molecule has 2 heterocycles. The molecule has 7 heteroatoms. The molecule has 0 radical (unpaired) electrons. The van der Waals surface area contributed by atoms with Gasteiger partial charge in [-0.15, -0.1) is 5.10 Å². The Morgan fingerprint density at radius 2 is 1.69 bits per heavy atom. The molecule has 164 valence electrons. The summed E-state index contributed by atoms with van der Waals surface area (Å²) in [6.45, 7) is 2.50. The summed E-state index contributed by atoms with van der Waals surface area (Å²) < 4.78 is 3.19. The van der Waals surface area contributed by atoms with E-state index in [2.05, 4.69) is 27.5 Å². The van der Waals surface area contributed by atoms with Gasteiger partial charge in [-0.25, -0.2) is 0 Å². The highest BCUT2D eigenvalue weighted by atomic mass is 16.1. The number of amides is 1. The van der Waals surface area contributed by atoms with Gasteiger partial charge in [0.1, 0.15) is 0 Å². The van der Waals surface area contributed by atoms with Crippen LogP contribution in [0.15, 0.2) is 65.5 Å². The van der Waals surface area contributed by atoms with Crippen LogP contribution in [-0.4, -0.2) is 31.6 Å². The molecule has 4 aromatic rings. The SMILES string of the molecule is Cc1c(CCC(=O)NCCCc2ccccc2)c(=O)n2nc(-c3ccccc3)nc2n1C. The number of nitrogens with one attached hydrogen (secondary N) is 1. The predicted molar refractivity (Wildman–Crippen MR) is 124 cm³/mol. The second-order valence-electron chi connectivity index (χ2n) is 7.88. The van der Waals surface area contributed by atoms with Gasteiger partial charge in [0.15, 0.2) is 5.82 Å². The van der Waals surface area contributed by atoms with Gasteiger partial charge in [0, 0.05) is 36.8 Å². The molecule has 0 aliphatic heterocycles. The molecule has 4 rings (SSSR count). The summed E-state index contributed by atoms with van der Waals surface area (Å²) in [6, 6.07) is 19.8. The fourth-order valence-electron chi connectivity index (χ4n) is 3.78. The fraction of sp³-hybridized carbons (Fsp3) is 0.280. The van der Waals surface area contributed by atoms with E-state index < -0.39 is 0 Å². The zero-order valence-electron chi connectivity index (χ0n) is 18.4. The molecule has 32 heavy (non-hydrogen) atoms. The number of hydrogen-bond acceptors (Lipinski definition) is 4. The number of aromatic nitrogens is 4. The molecule has 7 nitrogen and oxygen atoms in total. The largest absolute Gasteiger partial charge is 0.356 e. The molecule has 0 fully saturated rings. The van der Waals surface area contributed by atoms with Crippen LogP contribution in [0.3, 0.4) is 0 Å². The maximum absolute atomic E-state index is 13.1. The van der Waals surface area contributed by atoms with Crippen LogP contribution < -0.4 is 10.9 Å². The van der Waals surface area contributed by atoms with Crippen LogP contribution in [0.2, 0.25) is 0 Å². The first-order chi connectivity index (χ1) is 15.5. The number of carbonyl (C=O) groups is 1. The number of aryl methyl sites for hydroxylation is 2. The van der Waals surface area contributed by atoms with E-state index in [0.717, 1.165) is 24.1 Å². The minimum atomic E-state index is -0.220. The van der Waals surface area contributed by atoms with Crippen LogP contribution in [0, 0.1) is 6.92 Å². The van der Waals surface area contributed by atoms with E-state index in [-0.39, 0.29) is 17.9 Å². The van der Waals surface area contributed by atoms with Gasteiger partial charge in [-0.3, -0.25) is 9.59 Å². The van der Waals surface area contributed by atoms with Crippen molar-refractivity contribution < 1.29 is 4.79 Å². The molecule has 0 saturated carbocycles. The minimum absolute atomic E-state index is 0.0526. The summed E-state index contributed by atoms with van der Waals surface area (Å²) >= 11 is 0. The van der Waals surface area contributed by atoms with E-state index in [9.17, 15) is 9.59 Å². The first-order valence-corrected chi connectivity index (χ1v) is 10.9. The first kappa shape index (κ1) is 21.5. The topological polar surface area (TPSA) is 81.3 Å². The van der Waals surface area contributed by atoms with E-state index in [1.165, 1.54) is 10.1 Å². The van der Waals surface area contributed by atoms with Crippen molar-refractivity contribution in [2.45, 2.75) is 32.6 Å². The quantitative estimate of drug-likeness (QED) is 0.437. The highest BCUT2D eigenvalue weighted by Crippen LogP contribution is 2.16. The van der Waals surface area contributed by atoms with E-state index in [4.69, 9.17) is 0 Å². The standard InChI is InChI=1S/C25H27N5O2/c1-18-21(15-16-22(31)26-17-9-12-19-10-5-3-6-11-19)24(32)30-25(29(18)2)27-23(28-30)20-13-7-4-8-14-20/h3-8,10-11,13-14H,9,12,15-17H2,1-2H3,(H,26,31). The van der Waals surface area contributed by atoms with Crippen molar-refractivity contribution in [1.82, 2.24) is 24.5 Å². The smallest absolute Gasteiger partial charge is 0.279 e. The number of fused-ring (bicyclic) bond motifs is 1. The third-order valence-corrected chi connectivity index (χ3v) is 5.72. The molecule has 2 aromatic carbocycles. The summed E-state index contributed by atoms with van der Waals surface area (Å²) in [6.07, 6.45) is 2.42. The minimum Gasteiger partial charge on any atom is -0.356 e. The fourth-order valence-corrected chi connectivity index (χ4v) is 3.78. The van der Waals surface area contributed by atoms with Crippen molar-refractivity contribution >= 4 is 11.7 Å². The summed E-state index contributed by atoms with van der Waals surface area (Å²) in [5.74, 6) is 0.939.